The second kappa shape index (κ2) is 7.47. The van der Waals surface area contributed by atoms with Gasteiger partial charge in [-0.2, -0.15) is 0 Å². The van der Waals surface area contributed by atoms with E-state index in [1.807, 2.05) is 37.3 Å². The molecule has 0 radical (unpaired) electrons. The van der Waals surface area contributed by atoms with Gasteiger partial charge in [-0.3, -0.25) is 0 Å². The van der Waals surface area contributed by atoms with Gasteiger partial charge in [-0.1, -0.05) is 6.07 Å². The Morgan fingerprint density at radius 1 is 1.00 bits per heavy atom. The molecule has 0 atom stereocenters. The molecule has 0 aromatic heterocycles. The summed E-state index contributed by atoms with van der Waals surface area (Å²) < 4.78 is 11.4. The van der Waals surface area contributed by atoms with Gasteiger partial charge in [0.05, 0.1) is 19.9 Å². The molecule has 6 heteroatoms. The molecule has 2 rings (SSSR count). The predicted molar refractivity (Wildman–Crippen MR) is 98.3 cm³/mol. The second-order valence-electron chi connectivity index (χ2n) is 4.66. The van der Waals surface area contributed by atoms with Crippen LogP contribution in [0, 0.1) is 6.92 Å². The lowest BCUT2D eigenvalue weighted by atomic mass is 10.2. The third-order valence-electron chi connectivity index (χ3n) is 2.98. The van der Waals surface area contributed by atoms with E-state index in [2.05, 4.69) is 26.6 Å². The van der Waals surface area contributed by atoms with Gasteiger partial charge in [0.15, 0.2) is 5.11 Å². The van der Waals surface area contributed by atoms with Crippen LogP contribution in [0.3, 0.4) is 0 Å². The quantitative estimate of drug-likeness (QED) is 0.759. The van der Waals surface area contributed by atoms with E-state index in [0.29, 0.717) is 16.6 Å². The second-order valence-corrected chi connectivity index (χ2v) is 5.93. The first-order valence-corrected chi connectivity index (χ1v) is 7.79. The van der Waals surface area contributed by atoms with E-state index in [9.17, 15) is 0 Å². The molecule has 0 heterocycles. The van der Waals surface area contributed by atoms with Crippen LogP contribution in [0.4, 0.5) is 11.4 Å². The van der Waals surface area contributed by atoms with Crippen LogP contribution in [0.5, 0.6) is 11.5 Å². The Hall–Kier alpha value is -1.79. The zero-order chi connectivity index (χ0) is 16.1. The Bertz CT molecular complexity index is 670. The topological polar surface area (TPSA) is 42.5 Å². The molecule has 0 unspecified atom stereocenters. The fraction of sp³-hybridized carbons (Fsp3) is 0.188. The highest BCUT2D eigenvalue weighted by molar-refractivity contribution is 9.10. The number of benzene rings is 2. The molecule has 0 amide bonds. The molecule has 0 aliphatic heterocycles. The van der Waals surface area contributed by atoms with Gasteiger partial charge in [0.1, 0.15) is 11.5 Å². The number of thiocarbonyl (C=S) groups is 1. The number of ether oxygens (including phenoxy) is 2. The van der Waals surface area contributed by atoms with E-state index < -0.39 is 0 Å². The van der Waals surface area contributed by atoms with Crippen molar-refractivity contribution in [3.05, 3.63) is 46.4 Å². The first-order chi connectivity index (χ1) is 10.5. The van der Waals surface area contributed by atoms with Crippen LogP contribution >= 0.6 is 28.1 Å². The summed E-state index contributed by atoms with van der Waals surface area (Å²) in [5.41, 5.74) is 2.86. The molecular weight excluding hydrogens is 364 g/mol. The fourth-order valence-electron chi connectivity index (χ4n) is 1.89. The summed E-state index contributed by atoms with van der Waals surface area (Å²) in [6.07, 6.45) is 0. The van der Waals surface area contributed by atoms with E-state index in [1.165, 1.54) is 5.56 Å². The largest absolute Gasteiger partial charge is 0.497 e. The van der Waals surface area contributed by atoms with Gasteiger partial charge in [-0.25, -0.2) is 0 Å². The van der Waals surface area contributed by atoms with E-state index in [0.717, 1.165) is 15.8 Å². The Balaban J connectivity index is 2.11. The lowest BCUT2D eigenvalue weighted by Gasteiger charge is -2.14. The van der Waals surface area contributed by atoms with Gasteiger partial charge in [0.2, 0.25) is 0 Å². The van der Waals surface area contributed by atoms with Gasteiger partial charge in [-0.05, 0) is 52.8 Å². The Labute approximate surface area is 144 Å². The number of hydrogen-bond acceptors (Lipinski definition) is 3. The number of anilines is 2. The third kappa shape index (κ3) is 4.35. The lowest BCUT2D eigenvalue weighted by molar-refractivity contribution is 0.395. The van der Waals surface area contributed by atoms with Crippen molar-refractivity contribution >= 4 is 44.6 Å². The molecule has 2 aromatic rings. The normalized spacial score (nSPS) is 10.0. The third-order valence-corrected chi connectivity index (χ3v) is 3.84. The van der Waals surface area contributed by atoms with E-state index in [4.69, 9.17) is 21.7 Å². The van der Waals surface area contributed by atoms with Crippen molar-refractivity contribution in [2.24, 2.45) is 0 Å². The Kier molecular flexibility index (Phi) is 5.63. The van der Waals surface area contributed by atoms with Gasteiger partial charge >= 0.3 is 0 Å². The Morgan fingerprint density at radius 3 is 2.18 bits per heavy atom. The maximum absolute atomic E-state index is 5.34. The summed E-state index contributed by atoms with van der Waals surface area (Å²) in [5, 5.41) is 6.76. The molecular formula is C16H17BrN2O2S. The van der Waals surface area contributed by atoms with Crippen molar-refractivity contribution in [3.63, 3.8) is 0 Å². The zero-order valence-corrected chi connectivity index (χ0v) is 15.0. The number of aryl methyl sites for hydroxylation is 1. The first-order valence-electron chi connectivity index (χ1n) is 6.59. The summed E-state index contributed by atoms with van der Waals surface area (Å²) >= 11 is 8.86. The van der Waals surface area contributed by atoms with Gasteiger partial charge in [0.25, 0.3) is 0 Å². The molecule has 4 nitrogen and oxygen atoms in total. The number of rotatable bonds is 4. The maximum atomic E-state index is 5.34. The minimum absolute atomic E-state index is 0.486. The molecule has 0 fully saturated rings. The van der Waals surface area contributed by atoms with E-state index in [-0.39, 0.29) is 0 Å². The minimum Gasteiger partial charge on any atom is -0.497 e. The van der Waals surface area contributed by atoms with Gasteiger partial charge in [-0.15, -0.1) is 0 Å². The summed E-state index contributed by atoms with van der Waals surface area (Å²) in [5.74, 6) is 1.39. The molecule has 0 aliphatic rings. The standard InChI is InChI=1S/C16H17BrN2O2S/c1-10-4-5-15(14(17)6-10)19-16(22)18-11-7-12(20-2)9-13(8-11)21-3/h4-9H,1-3H3,(H2,18,19,22). The van der Waals surface area contributed by atoms with Crippen LogP contribution in [0.15, 0.2) is 40.9 Å². The molecule has 2 N–H and O–H groups in total. The van der Waals surface area contributed by atoms with E-state index in [1.54, 1.807) is 20.3 Å². The van der Waals surface area contributed by atoms with Gasteiger partial charge in [0, 0.05) is 28.4 Å². The van der Waals surface area contributed by atoms with Gasteiger partial charge < -0.3 is 20.1 Å². The number of methoxy groups -OCH3 is 2. The van der Waals surface area contributed by atoms with Crippen molar-refractivity contribution in [2.45, 2.75) is 6.92 Å². The van der Waals surface area contributed by atoms with Crippen LogP contribution in [-0.4, -0.2) is 19.3 Å². The minimum atomic E-state index is 0.486. The monoisotopic (exact) mass is 380 g/mol. The highest BCUT2D eigenvalue weighted by Gasteiger charge is 2.06. The highest BCUT2D eigenvalue weighted by atomic mass is 79.9. The average Bonchev–Trinajstić information content (AvgIpc) is 2.49. The molecule has 0 spiro atoms. The summed E-state index contributed by atoms with van der Waals surface area (Å²) in [6.45, 7) is 2.04. The van der Waals surface area contributed by atoms with Crippen molar-refractivity contribution < 1.29 is 9.47 Å². The van der Waals surface area contributed by atoms with Crippen molar-refractivity contribution in [1.82, 2.24) is 0 Å². The summed E-state index contributed by atoms with van der Waals surface area (Å²) in [7, 11) is 3.22. The van der Waals surface area contributed by atoms with Crippen molar-refractivity contribution in [3.8, 4) is 11.5 Å². The number of halogens is 1. The molecule has 0 aliphatic carbocycles. The number of hydrogen-bond donors (Lipinski definition) is 2. The first kappa shape index (κ1) is 16.6. The summed E-state index contributed by atoms with van der Waals surface area (Å²) in [4.78, 5) is 0. The maximum Gasteiger partial charge on any atom is 0.175 e. The highest BCUT2D eigenvalue weighted by Crippen LogP contribution is 2.27. The predicted octanol–water partition coefficient (Wildman–Crippen LogP) is 4.58. The van der Waals surface area contributed by atoms with Crippen molar-refractivity contribution in [2.75, 3.05) is 24.9 Å². The molecule has 22 heavy (non-hydrogen) atoms. The van der Waals surface area contributed by atoms with Crippen LogP contribution < -0.4 is 20.1 Å². The fourth-order valence-corrected chi connectivity index (χ4v) is 2.71. The Morgan fingerprint density at radius 2 is 1.64 bits per heavy atom. The van der Waals surface area contributed by atoms with Crippen molar-refractivity contribution in [1.29, 1.82) is 0 Å². The molecule has 2 aromatic carbocycles. The lowest BCUT2D eigenvalue weighted by Crippen LogP contribution is -2.19. The zero-order valence-electron chi connectivity index (χ0n) is 12.6. The molecule has 116 valence electrons. The average molecular weight is 381 g/mol. The molecule has 0 saturated heterocycles. The van der Waals surface area contributed by atoms with Crippen LogP contribution in [0.25, 0.3) is 0 Å². The van der Waals surface area contributed by atoms with Crippen LogP contribution in [0.2, 0.25) is 0 Å². The van der Waals surface area contributed by atoms with Crippen LogP contribution in [-0.2, 0) is 0 Å². The smallest absolute Gasteiger partial charge is 0.175 e. The molecule has 0 bridgehead atoms. The SMILES string of the molecule is COc1cc(NC(=S)Nc2ccc(C)cc2Br)cc(OC)c1. The molecule has 0 saturated carbocycles. The summed E-state index contributed by atoms with van der Waals surface area (Å²) in [6, 6.07) is 11.5. The van der Waals surface area contributed by atoms with E-state index >= 15 is 0 Å². The number of nitrogens with one attached hydrogen (secondary N) is 2. The van der Waals surface area contributed by atoms with Crippen LogP contribution in [0.1, 0.15) is 5.56 Å².